The SMILES string of the molecule is NNC(=O)c1c[nH]c2c(Cl)ccc(Cl)c2c1=O. The molecule has 1 aromatic carbocycles. The number of H-pyrrole nitrogens is 1. The largest absolute Gasteiger partial charge is 0.359 e. The Labute approximate surface area is 105 Å². The van der Waals surface area contributed by atoms with Crippen LogP contribution in [0.3, 0.4) is 0 Å². The van der Waals surface area contributed by atoms with Crippen molar-refractivity contribution in [3.05, 3.63) is 44.2 Å². The number of nitrogen functional groups attached to an aromatic ring is 1. The highest BCUT2D eigenvalue weighted by atomic mass is 35.5. The van der Waals surface area contributed by atoms with Crippen LogP contribution in [0.1, 0.15) is 10.4 Å². The number of nitrogens with two attached hydrogens (primary N) is 1. The number of rotatable bonds is 1. The fraction of sp³-hybridized carbons (Fsp3) is 0. The normalized spacial score (nSPS) is 10.5. The van der Waals surface area contributed by atoms with Gasteiger partial charge in [-0.3, -0.25) is 15.0 Å². The zero-order valence-corrected chi connectivity index (χ0v) is 9.89. The standard InChI is InChI=1S/C10H7Cl2N3O2/c11-5-1-2-6(12)8-7(5)9(16)4(3-14-8)10(17)15-13/h1-3H,13H2,(H,14,16)(H,15,17). The van der Waals surface area contributed by atoms with E-state index in [1.807, 2.05) is 5.43 Å². The van der Waals surface area contributed by atoms with Gasteiger partial charge in [-0.05, 0) is 12.1 Å². The summed E-state index contributed by atoms with van der Waals surface area (Å²) >= 11 is 11.8. The molecule has 0 spiro atoms. The maximum absolute atomic E-state index is 12.0. The van der Waals surface area contributed by atoms with E-state index < -0.39 is 11.3 Å². The molecule has 0 bridgehead atoms. The van der Waals surface area contributed by atoms with E-state index >= 15 is 0 Å². The molecule has 17 heavy (non-hydrogen) atoms. The Bertz CT molecular complexity index is 666. The molecule has 0 saturated carbocycles. The van der Waals surface area contributed by atoms with Crippen LogP contribution in [0.5, 0.6) is 0 Å². The second-order valence-corrected chi connectivity index (χ2v) is 4.10. The van der Waals surface area contributed by atoms with Crippen molar-refractivity contribution in [1.82, 2.24) is 10.4 Å². The first kappa shape index (κ1) is 11.9. The van der Waals surface area contributed by atoms with Gasteiger partial charge < -0.3 is 4.98 Å². The van der Waals surface area contributed by atoms with Gasteiger partial charge >= 0.3 is 0 Å². The molecule has 0 fully saturated rings. The van der Waals surface area contributed by atoms with E-state index in [1.54, 1.807) is 6.07 Å². The number of fused-ring (bicyclic) bond motifs is 1. The lowest BCUT2D eigenvalue weighted by Gasteiger charge is -2.05. The van der Waals surface area contributed by atoms with Crippen LogP contribution in [0.25, 0.3) is 10.9 Å². The third-order valence-electron chi connectivity index (χ3n) is 2.31. The zero-order chi connectivity index (χ0) is 12.6. The molecule has 88 valence electrons. The lowest BCUT2D eigenvalue weighted by Crippen LogP contribution is -2.33. The fourth-order valence-electron chi connectivity index (χ4n) is 1.51. The van der Waals surface area contributed by atoms with E-state index in [-0.39, 0.29) is 16.0 Å². The summed E-state index contributed by atoms with van der Waals surface area (Å²) in [7, 11) is 0. The summed E-state index contributed by atoms with van der Waals surface area (Å²) in [6.45, 7) is 0. The van der Waals surface area contributed by atoms with E-state index in [4.69, 9.17) is 29.0 Å². The topological polar surface area (TPSA) is 88.0 Å². The highest BCUT2D eigenvalue weighted by Crippen LogP contribution is 2.25. The second kappa shape index (κ2) is 4.37. The summed E-state index contributed by atoms with van der Waals surface area (Å²) in [5.74, 6) is 4.28. The molecule has 5 nitrogen and oxygen atoms in total. The van der Waals surface area contributed by atoms with Crippen molar-refractivity contribution in [1.29, 1.82) is 0 Å². The van der Waals surface area contributed by atoms with Crippen LogP contribution in [0.15, 0.2) is 23.1 Å². The molecule has 0 saturated heterocycles. The van der Waals surface area contributed by atoms with Gasteiger partial charge in [-0.25, -0.2) is 5.84 Å². The second-order valence-electron chi connectivity index (χ2n) is 3.28. The van der Waals surface area contributed by atoms with E-state index in [9.17, 15) is 9.59 Å². The number of benzene rings is 1. The van der Waals surface area contributed by atoms with Crippen molar-refractivity contribution in [3.63, 3.8) is 0 Å². The van der Waals surface area contributed by atoms with E-state index in [0.717, 1.165) is 0 Å². The molecular weight excluding hydrogens is 265 g/mol. The third kappa shape index (κ3) is 1.88. The number of aromatic amines is 1. The Hall–Kier alpha value is -1.56. The predicted molar refractivity (Wildman–Crippen MR) is 66.2 cm³/mol. The number of aromatic nitrogens is 1. The van der Waals surface area contributed by atoms with Gasteiger partial charge in [0, 0.05) is 6.20 Å². The quantitative estimate of drug-likeness (QED) is 0.417. The molecule has 0 aliphatic carbocycles. The van der Waals surface area contributed by atoms with Gasteiger partial charge in [0.05, 0.1) is 20.9 Å². The highest BCUT2D eigenvalue weighted by Gasteiger charge is 2.15. The third-order valence-corrected chi connectivity index (χ3v) is 2.94. The maximum Gasteiger partial charge on any atom is 0.270 e. The van der Waals surface area contributed by atoms with E-state index in [2.05, 4.69) is 4.98 Å². The van der Waals surface area contributed by atoms with Gasteiger partial charge in [0.2, 0.25) is 5.43 Å². The number of carbonyl (C=O) groups excluding carboxylic acids is 1. The Morgan fingerprint density at radius 3 is 2.59 bits per heavy atom. The Morgan fingerprint density at radius 1 is 1.29 bits per heavy atom. The molecule has 1 aromatic heterocycles. The van der Waals surface area contributed by atoms with Gasteiger partial charge in [-0.1, -0.05) is 23.2 Å². The molecule has 1 heterocycles. The summed E-state index contributed by atoms with van der Waals surface area (Å²) in [4.78, 5) is 26.1. The molecule has 0 aliphatic heterocycles. The minimum Gasteiger partial charge on any atom is -0.359 e. The smallest absolute Gasteiger partial charge is 0.270 e. The molecule has 0 aliphatic rings. The minimum absolute atomic E-state index is 0.121. The molecule has 2 aromatic rings. The fourth-order valence-corrected chi connectivity index (χ4v) is 1.96. The first-order valence-electron chi connectivity index (χ1n) is 4.56. The molecule has 2 rings (SSSR count). The lowest BCUT2D eigenvalue weighted by atomic mass is 10.1. The molecular formula is C10H7Cl2N3O2. The summed E-state index contributed by atoms with van der Waals surface area (Å²) < 4.78 is 0. The summed E-state index contributed by atoms with van der Waals surface area (Å²) in [5.41, 5.74) is 1.63. The van der Waals surface area contributed by atoms with Gasteiger partial charge in [0.25, 0.3) is 5.91 Å². The number of pyridine rings is 1. The number of carbonyl (C=O) groups is 1. The lowest BCUT2D eigenvalue weighted by molar-refractivity contribution is 0.0952. The average Bonchev–Trinajstić information content (AvgIpc) is 2.33. The van der Waals surface area contributed by atoms with Crippen LogP contribution >= 0.6 is 23.2 Å². The Balaban J connectivity index is 2.89. The average molecular weight is 272 g/mol. The Morgan fingerprint density at radius 2 is 1.94 bits per heavy atom. The monoisotopic (exact) mass is 271 g/mol. The van der Waals surface area contributed by atoms with Gasteiger partial charge in [0.15, 0.2) is 0 Å². The van der Waals surface area contributed by atoms with Crippen molar-refractivity contribution in [2.75, 3.05) is 0 Å². The minimum atomic E-state index is -0.691. The van der Waals surface area contributed by atoms with Crippen molar-refractivity contribution < 1.29 is 4.79 Å². The van der Waals surface area contributed by atoms with Crippen LogP contribution in [-0.4, -0.2) is 10.9 Å². The molecule has 4 N–H and O–H groups in total. The number of nitrogens with one attached hydrogen (secondary N) is 2. The number of hydrazine groups is 1. The first-order chi connectivity index (χ1) is 8.06. The highest BCUT2D eigenvalue weighted by molar-refractivity contribution is 6.39. The maximum atomic E-state index is 12.0. The molecule has 0 radical (unpaired) electrons. The summed E-state index contributed by atoms with van der Waals surface area (Å²) in [6.07, 6.45) is 1.25. The number of hydrogen-bond acceptors (Lipinski definition) is 3. The molecule has 0 unspecified atom stereocenters. The van der Waals surface area contributed by atoms with Crippen LogP contribution in [0.2, 0.25) is 10.0 Å². The van der Waals surface area contributed by atoms with Crippen LogP contribution < -0.4 is 16.7 Å². The van der Waals surface area contributed by atoms with Crippen molar-refractivity contribution in [3.8, 4) is 0 Å². The molecule has 0 atom stereocenters. The van der Waals surface area contributed by atoms with E-state index in [1.165, 1.54) is 12.3 Å². The Kier molecular flexibility index (Phi) is 3.06. The van der Waals surface area contributed by atoms with Crippen molar-refractivity contribution in [2.45, 2.75) is 0 Å². The van der Waals surface area contributed by atoms with Crippen molar-refractivity contribution in [2.24, 2.45) is 5.84 Å². The van der Waals surface area contributed by atoms with Gasteiger partial charge in [0.1, 0.15) is 5.56 Å². The number of hydrogen-bond donors (Lipinski definition) is 3. The summed E-state index contributed by atoms with van der Waals surface area (Å²) in [6, 6.07) is 3.05. The van der Waals surface area contributed by atoms with E-state index in [0.29, 0.717) is 10.5 Å². The van der Waals surface area contributed by atoms with Gasteiger partial charge in [-0.2, -0.15) is 0 Å². The van der Waals surface area contributed by atoms with Crippen LogP contribution in [-0.2, 0) is 0 Å². The molecule has 1 amide bonds. The zero-order valence-electron chi connectivity index (χ0n) is 8.38. The molecule has 7 heteroatoms. The van der Waals surface area contributed by atoms with Crippen molar-refractivity contribution >= 4 is 40.0 Å². The van der Waals surface area contributed by atoms with Crippen LogP contribution in [0.4, 0.5) is 0 Å². The van der Waals surface area contributed by atoms with Crippen LogP contribution in [0, 0.1) is 0 Å². The first-order valence-corrected chi connectivity index (χ1v) is 5.32. The number of amides is 1. The summed E-state index contributed by atoms with van der Waals surface area (Å²) in [5, 5.41) is 0.735. The van der Waals surface area contributed by atoms with Gasteiger partial charge in [-0.15, -0.1) is 0 Å². The number of halogens is 2. The predicted octanol–water partition coefficient (Wildman–Crippen LogP) is 1.44.